The Kier molecular flexibility index (Phi) is 5.13. The van der Waals surface area contributed by atoms with Gasteiger partial charge in [0, 0.05) is 35.8 Å². The standard InChI is InChI=1S/C20H20N4O4S2/c25-30(26,13-17-16-5-1-2-6-18(16)27-22-17)24-8-3-4-14(11-24)10-19-21-20(23-28-19)15-7-9-29-12-15/h1-2,5-7,9,12,14H,3-4,8,10-11,13H2. The lowest BCUT2D eigenvalue weighted by molar-refractivity contribution is 0.246. The highest BCUT2D eigenvalue weighted by molar-refractivity contribution is 7.88. The average molecular weight is 445 g/mol. The van der Waals surface area contributed by atoms with E-state index < -0.39 is 10.0 Å². The second-order valence-electron chi connectivity index (χ2n) is 7.48. The van der Waals surface area contributed by atoms with E-state index in [1.165, 1.54) is 0 Å². The van der Waals surface area contributed by atoms with E-state index in [-0.39, 0.29) is 11.7 Å². The number of para-hydroxylation sites is 1. The van der Waals surface area contributed by atoms with E-state index in [1.807, 2.05) is 35.0 Å². The van der Waals surface area contributed by atoms with Gasteiger partial charge < -0.3 is 9.05 Å². The third kappa shape index (κ3) is 3.90. The molecule has 1 atom stereocenters. The Morgan fingerprint density at radius 1 is 1.17 bits per heavy atom. The quantitative estimate of drug-likeness (QED) is 0.446. The summed E-state index contributed by atoms with van der Waals surface area (Å²) in [6.07, 6.45) is 2.29. The van der Waals surface area contributed by atoms with E-state index in [0.29, 0.717) is 42.5 Å². The number of aromatic nitrogens is 3. The number of hydrogen-bond acceptors (Lipinski definition) is 8. The molecule has 3 aromatic heterocycles. The zero-order valence-electron chi connectivity index (χ0n) is 16.1. The Balaban J connectivity index is 1.27. The monoisotopic (exact) mass is 444 g/mol. The fraction of sp³-hybridized carbons (Fsp3) is 0.350. The first-order valence-electron chi connectivity index (χ1n) is 9.75. The van der Waals surface area contributed by atoms with Gasteiger partial charge in [-0.15, -0.1) is 0 Å². The molecule has 0 aliphatic carbocycles. The van der Waals surface area contributed by atoms with Crippen molar-refractivity contribution in [3.05, 3.63) is 52.7 Å². The van der Waals surface area contributed by atoms with E-state index >= 15 is 0 Å². The molecule has 0 spiro atoms. The van der Waals surface area contributed by atoms with Crippen LogP contribution in [0, 0.1) is 5.92 Å². The zero-order chi connectivity index (χ0) is 20.6. The van der Waals surface area contributed by atoms with Crippen LogP contribution in [-0.4, -0.2) is 41.1 Å². The van der Waals surface area contributed by atoms with Crippen LogP contribution >= 0.6 is 11.3 Å². The van der Waals surface area contributed by atoms with Gasteiger partial charge in [-0.05, 0) is 42.3 Å². The van der Waals surface area contributed by atoms with Crippen molar-refractivity contribution < 1.29 is 17.5 Å². The van der Waals surface area contributed by atoms with Gasteiger partial charge in [0.25, 0.3) is 0 Å². The number of piperidine rings is 1. The van der Waals surface area contributed by atoms with Crippen molar-refractivity contribution in [2.45, 2.75) is 25.0 Å². The minimum absolute atomic E-state index is 0.137. The summed E-state index contributed by atoms with van der Waals surface area (Å²) in [5, 5.41) is 12.7. The molecule has 1 aliphatic rings. The molecule has 5 rings (SSSR count). The molecule has 4 heterocycles. The Bertz CT molecular complexity index is 1250. The van der Waals surface area contributed by atoms with Crippen LogP contribution in [0.2, 0.25) is 0 Å². The highest BCUT2D eigenvalue weighted by atomic mass is 32.2. The second-order valence-corrected chi connectivity index (χ2v) is 10.2. The van der Waals surface area contributed by atoms with Crippen LogP contribution in [0.25, 0.3) is 22.4 Å². The minimum atomic E-state index is -3.51. The molecule has 30 heavy (non-hydrogen) atoms. The first kappa shape index (κ1) is 19.4. The Morgan fingerprint density at radius 3 is 2.93 bits per heavy atom. The van der Waals surface area contributed by atoms with Crippen molar-refractivity contribution in [2.75, 3.05) is 13.1 Å². The highest BCUT2D eigenvalue weighted by Crippen LogP contribution is 2.27. The molecule has 1 aromatic carbocycles. The smallest absolute Gasteiger partial charge is 0.227 e. The molecule has 0 bridgehead atoms. The van der Waals surface area contributed by atoms with Crippen LogP contribution < -0.4 is 0 Å². The molecule has 4 aromatic rings. The Hall–Kier alpha value is -2.56. The summed E-state index contributed by atoms with van der Waals surface area (Å²) < 4.78 is 38.3. The van der Waals surface area contributed by atoms with Crippen LogP contribution in [0.1, 0.15) is 24.4 Å². The molecule has 0 N–H and O–H groups in total. The largest absolute Gasteiger partial charge is 0.356 e. The Labute approximate surface area is 177 Å². The molecule has 0 saturated carbocycles. The normalized spacial score (nSPS) is 18.2. The number of rotatable bonds is 6. The van der Waals surface area contributed by atoms with E-state index in [1.54, 1.807) is 21.7 Å². The summed E-state index contributed by atoms with van der Waals surface area (Å²) in [6.45, 7) is 0.951. The summed E-state index contributed by atoms with van der Waals surface area (Å²) in [6, 6.07) is 9.24. The molecule has 0 amide bonds. The van der Waals surface area contributed by atoms with Gasteiger partial charge in [-0.25, -0.2) is 12.7 Å². The topological polar surface area (TPSA) is 102 Å². The SMILES string of the molecule is O=S(=O)(Cc1noc2ccccc12)N1CCCC(Cc2nc(-c3ccsc3)no2)C1. The number of fused-ring (bicyclic) bond motifs is 1. The minimum Gasteiger partial charge on any atom is -0.356 e. The highest BCUT2D eigenvalue weighted by Gasteiger charge is 2.31. The van der Waals surface area contributed by atoms with Crippen LogP contribution in [0.15, 0.2) is 50.1 Å². The molecule has 1 unspecified atom stereocenters. The number of thiophene rings is 1. The third-order valence-corrected chi connectivity index (χ3v) is 7.80. The van der Waals surface area contributed by atoms with Gasteiger partial charge in [-0.3, -0.25) is 0 Å². The maximum atomic E-state index is 13.0. The molecule has 1 aliphatic heterocycles. The summed E-state index contributed by atoms with van der Waals surface area (Å²) in [5.41, 5.74) is 1.98. The number of benzene rings is 1. The molecule has 1 saturated heterocycles. The summed E-state index contributed by atoms with van der Waals surface area (Å²) in [7, 11) is -3.51. The fourth-order valence-electron chi connectivity index (χ4n) is 3.85. The number of sulfonamides is 1. The van der Waals surface area contributed by atoms with Crippen molar-refractivity contribution in [1.82, 2.24) is 19.6 Å². The second kappa shape index (κ2) is 7.93. The van der Waals surface area contributed by atoms with Crippen molar-refractivity contribution in [1.29, 1.82) is 0 Å². The van der Waals surface area contributed by atoms with Gasteiger partial charge in [0.05, 0.1) is 0 Å². The molecule has 156 valence electrons. The predicted molar refractivity (Wildman–Crippen MR) is 112 cm³/mol. The molecular formula is C20H20N4O4S2. The van der Waals surface area contributed by atoms with Crippen molar-refractivity contribution in [3.8, 4) is 11.4 Å². The lowest BCUT2D eigenvalue weighted by Crippen LogP contribution is -2.41. The van der Waals surface area contributed by atoms with E-state index in [4.69, 9.17) is 9.05 Å². The van der Waals surface area contributed by atoms with E-state index in [0.717, 1.165) is 23.8 Å². The van der Waals surface area contributed by atoms with Gasteiger partial charge in [0.2, 0.25) is 21.7 Å². The predicted octanol–water partition coefficient (Wildman–Crippen LogP) is 3.72. The average Bonchev–Trinajstić information content (AvgIpc) is 3.49. The lowest BCUT2D eigenvalue weighted by atomic mass is 9.96. The molecular weight excluding hydrogens is 424 g/mol. The summed E-state index contributed by atoms with van der Waals surface area (Å²) in [4.78, 5) is 4.47. The number of hydrogen-bond donors (Lipinski definition) is 0. The van der Waals surface area contributed by atoms with Gasteiger partial charge in [0.1, 0.15) is 11.4 Å². The van der Waals surface area contributed by atoms with Crippen molar-refractivity contribution in [3.63, 3.8) is 0 Å². The van der Waals surface area contributed by atoms with Crippen molar-refractivity contribution in [2.24, 2.45) is 5.92 Å². The number of nitrogens with zero attached hydrogens (tertiary/aromatic N) is 4. The molecule has 8 nitrogen and oxygen atoms in total. The lowest BCUT2D eigenvalue weighted by Gasteiger charge is -2.31. The summed E-state index contributed by atoms with van der Waals surface area (Å²) in [5.74, 6) is 1.09. The first-order chi connectivity index (χ1) is 14.6. The van der Waals surface area contributed by atoms with Crippen molar-refractivity contribution >= 4 is 32.3 Å². The van der Waals surface area contributed by atoms with Gasteiger partial charge in [0.15, 0.2) is 5.58 Å². The van der Waals surface area contributed by atoms with Gasteiger partial charge in [-0.1, -0.05) is 22.4 Å². The van der Waals surface area contributed by atoms with Gasteiger partial charge in [-0.2, -0.15) is 16.3 Å². The zero-order valence-corrected chi connectivity index (χ0v) is 17.7. The van der Waals surface area contributed by atoms with E-state index in [9.17, 15) is 8.42 Å². The van der Waals surface area contributed by atoms with Crippen LogP contribution in [0.5, 0.6) is 0 Å². The summed E-state index contributed by atoms with van der Waals surface area (Å²) >= 11 is 1.58. The van der Waals surface area contributed by atoms with Crippen LogP contribution in [-0.2, 0) is 22.2 Å². The molecule has 0 radical (unpaired) electrons. The van der Waals surface area contributed by atoms with Gasteiger partial charge >= 0.3 is 0 Å². The maximum absolute atomic E-state index is 13.0. The Morgan fingerprint density at radius 2 is 2.07 bits per heavy atom. The molecule has 10 heteroatoms. The van der Waals surface area contributed by atoms with Crippen LogP contribution in [0.3, 0.4) is 0 Å². The maximum Gasteiger partial charge on any atom is 0.227 e. The molecule has 1 fully saturated rings. The fourth-order valence-corrected chi connectivity index (χ4v) is 6.06. The third-order valence-electron chi connectivity index (χ3n) is 5.36. The van der Waals surface area contributed by atoms with Crippen LogP contribution in [0.4, 0.5) is 0 Å². The van der Waals surface area contributed by atoms with E-state index in [2.05, 4.69) is 15.3 Å². The first-order valence-corrected chi connectivity index (χ1v) is 12.3.